The van der Waals surface area contributed by atoms with E-state index in [0.717, 1.165) is 11.1 Å². The molecule has 0 atom stereocenters. The molecule has 4 heteroatoms. The first-order valence-electron chi connectivity index (χ1n) is 3.90. The fourth-order valence-corrected chi connectivity index (χ4v) is 1.92. The summed E-state index contributed by atoms with van der Waals surface area (Å²) in [7, 11) is -3.91. The molecule has 1 rings (SSSR count). The maximum Gasteiger partial charge on any atom is 0.269 e. The van der Waals surface area contributed by atoms with Crippen LogP contribution in [0.25, 0.3) is 0 Å². The van der Waals surface area contributed by atoms with E-state index in [0.29, 0.717) is 5.56 Å². The van der Waals surface area contributed by atoms with Crippen molar-refractivity contribution in [2.45, 2.75) is 19.6 Å². The molecule has 0 unspecified atom stereocenters. The van der Waals surface area contributed by atoms with Gasteiger partial charge >= 0.3 is 0 Å². The van der Waals surface area contributed by atoms with Crippen molar-refractivity contribution in [3.8, 4) is 0 Å². The van der Waals surface area contributed by atoms with Crippen molar-refractivity contribution in [1.29, 1.82) is 0 Å². The van der Waals surface area contributed by atoms with Crippen molar-refractivity contribution in [2.24, 2.45) is 0 Å². The summed E-state index contributed by atoms with van der Waals surface area (Å²) in [5, 5.41) is 0. The average molecular weight is 200 g/mol. The standard InChI is InChI=1S/C9H12O3S/c1-7-3-4-9(8(2)5-7)6-13(10,11)12/h3-5H,6H2,1-2H3,(H,10,11,12). The molecule has 0 saturated heterocycles. The molecule has 0 radical (unpaired) electrons. The fourth-order valence-electron chi connectivity index (χ4n) is 1.20. The first-order valence-corrected chi connectivity index (χ1v) is 5.51. The smallest absolute Gasteiger partial charge is 0.269 e. The zero-order valence-electron chi connectivity index (χ0n) is 7.61. The predicted molar refractivity (Wildman–Crippen MR) is 51.2 cm³/mol. The second-order valence-corrected chi connectivity index (χ2v) is 4.61. The first kappa shape index (κ1) is 10.2. The zero-order chi connectivity index (χ0) is 10.1. The van der Waals surface area contributed by atoms with Gasteiger partial charge in [0.25, 0.3) is 10.1 Å². The molecule has 13 heavy (non-hydrogen) atoms. The van der Waals surface area contributed by atoms with Crippen LogP contribution in [-0.2, 0) is 15.9 Å². The highest BCUT2D eigenvalue weighted by molar-refractivity contribution is 7.85. The SMILES string of the molecule is Cc1ccc(CS(=O)(=O)O)c(C)c1. The molecule has 0 aliphatic carbocycles. The quantitative estimate of drug-likeness (QED) is 0.739. The van der Waals surface area contributed by atoms with Crippen LogP contribution in [0.2, 0.25) is 0 Å². The topological polar surface area (TPSA) is 54.4 Å². The van der Waals surface area contributed by atoms with Gasteiger partial charge in [0, 0.05) is 0 Å². The number of hydrogen-bond donors (Lipinski definition) is 1. The van der Waals surface area contributed by atoms with E-state index in [4.69, 9.17) is 4.55 Å². The summed E-state index contributed by atoms with van der Waals surface area (Å²) in [6.45, 7) is 3.76. The molecule has 1 aromatic carbocycles. The fraction of sp³-hybridized carbons (Fsp3) is 0.333. The minimum atomic E-state index is -3.91. The van der Waals surface area contributed by atoms with Crippen LogP contribution in [0.15, 0.2) is 18.2 Å². The third kappa shape index (κ3) is 3.16. The van der Waals surface area contributed by atoms with Crippen LogP contribution in [-0.4, -0.2) is 13.0 Å². The molecular formula is C9H12O3S. The summed E-state index contributed by atoms with van der Waals surface area (Å²) >= 11 is 0. The number of benzene rings is 1. The molecule has 0 saturated carbocycles. The van der Waals surface area contributed by atoms with Crippen LogP contribution in [0.4, 0.5) is 0 Å². The molecule has 1 N–H and O–H groups in total. The highest BCUT2D eigenvalue weighted by Crippen LogP contribution is 2.12. The largest absolute Gasteiger partial charge is 0.285 e. The molecule has 0 aromatic heterocycles. The summed E-state index contributed by atoms with van der Waals surface area (Å²) in [6, 6.07) is 5.44. The van der Waals surface area contributed by atoms with E-state index in [1.807, 2.05) is 26.0 Å². The van der Waals surface area contributed by atoms with Crippen LogP contribution < -0.4 is 0 Å². The summed E-state index contributed by atoms with van der Waals surface area (Å²) < 4.78 is 29.8. The van der Waals surface area contributed by atoms with Gasteiger partial charge in [0.15, 0.2) is 0 Å². The molecule has 0 heterocycles. The van der Waals surface area contributed by atoms with Gasteiger partial charge in [-0.1, -0.05) is 23.8 Å². The van der Waals surface area contributed by atoms with E-state index in [1.54, 1.807) is 6.07 Å². The lowest BCUT2D eigenvalue weighted by atomic mass is 10.1. The van der Waals surface area contributed by atoms with Crippen LogP contribution >= 0.6 is 0 Å². The van der Waals surface area contributed by atoms with Gasteiger partial charge < -0.3 is 0 Å². The Hall–Kier alpha value is -0.870. The zero-order valence-corrected chi connectivity index (χ0v) is 8.43. The minimum Gasteiger partial charge on any atom is -0.285 e. The highest BCUT2D eigenvalue weighted by Gasteiger charge is 2.08. The van der Waals surface area contributed by atoms with Gasteiger partial charge in [-0.3, -0.25) is 4.55 Å². The molecule has 1 aromatic rings. The van der Waals surface area contributed by atoms with Crippen LogP contribution in [0, 0.1) is 13.8 Å². The molecule has 0 aliphatic heterocycles. The van der Waals surface area contributed by atoms with Gasteiger partial charge in [-0.15, -0.1) is 0 Å². The van der Waals surface area contributed by atoms with E-state index >= 15 is 0 Å². The molecule has 0 aliphatic rings. The van der Waals surface area contributed by atoms with Gasteiger partial charge in [0.2, 0.25) is 0 Å². The third-order valence-electron chi connectivity index (χ3n) is 1.84. The second kappa shape index (κ2) is 3.47. The lowest BCUT2D eigenvalue weighted by Crippen LogP contribution is -2.03. The molecular weight excluding hydrogens is 188 g/mol. The second-order valence-electron chi connectivity index (χ2n) is 3.16. The van der Waals surface area contributed by atoms with Crippen molar-refractivity contribution < 1.29 is 13.0 Å². The normalized spacial score (nSPS) is 11.6. The van der Waals surface area contributed by atoms with E-state index < -0.39 is 10.1 Å². The molecule has 3 nitrogen and oxygen atoms in total. The first-order chi connectivity index (χ1) is 5.88. The molecule has 72 valence electrons. The van der Waals surface area contributed by atoms with Gasteiger partial charge in [-0.2, -0.15) is 8.42 Å². The lowest BCUT2D eigenvalue weighted by molar-refractivity contribution is 0.482. The van der Waals surface area contributed by atoms with E-state index in [1.165, 1.54) is 0 Å². The Balaban J connectivity index is 3.04. The molecule has 0 spiro atoms. The lowest BCUT2D eigenvalue weighted by Gasteiger charge is -2.04. The Morgan fingerprint density at radius 3 is 2.38 bits per heavy atom. The number of hydrogen-bond acceptors (Lipinski definition) is 2. The van der Waals surface area contributed by atoms with Crippen molar-refractivity contribution in [1.82, 2.24) is 0 Å². The number of aryl methyl sites for hydroxylation is 2. The van der Waals surface area contributed by atoms with Gasteiger partial charge in [0.1, 0.15) is 5.75 Å². The van der Waals surface area contributed by atoms with Crippen molar-refractivity contribution in [3.63, 3.8) is 0 Å². The van der Waals surface area contributed by atoms with Crippen LogP contribution in [0.3, 0.4) is 0 Å². The Labute approximate surface area is 78.2 Å². The van der Waals surface area contributed by atoms with Crippen LogP contribution in [0.5, 0.6) is 0 Å². The van der Waals surface area contributed by atoms with Crippen molar-refractivity contribution in [3.05, 3.63) is 34.9 Å². The van der Waals surface area contributed by atoms with Gasteiger partial charge in [0.05, 0.1) is 0 Å². The minimum absolute atomic E-state index is 0.306. The Bertz CT molecular complexity index is 407. The Kier molecular flexibility index (Phi) is 2.73. The summed E-state index contributed by atoms with van der Waals surface area (Å²) in [5.74, 6) is -0.306. The molecule has 0 bridgehead atoms. The van der Waals surface area contributed by atoms with E-state index in [-0.39, 0.29) is 5.75 Å². The predicted octanol–water partition coefficient (Wildman–Crippen LogP) is 1.69. The maximum absolute atomic E-state index is 10.6. The average Bonchev–Trinajstić information content (AvgIpc) is 1.93. The monoisotopic (exact) mass is 200 g/mol. The maximum atomic E-state index is 10.6. The van der Waals surface area contributed by atoms with Gasteiger partial charge in [-0.25, -0.2) is 0 Å². The van der Waals surface area contributed by atoms with Crippen molar-refractivity contribution in [2.75, 3.05) is 0 Å². The Morgan fingerprint density at radius 1 is 1.31 bits per heavy atom. The number of rotatable bonds is 2. The van der Waals surface area contributed by atoms with E-state index in [9.17, 15) is 8.42 Å². The summed E-state index contributed by atoms with van der Waals surface area (Å²) in [6.07, 6.45) is 0. The molecule has 0 fully saturated rings. The third-order valence-corrected chi connectivity index (χ3v) is 2.51. The highest BCUT2D eigenvalue weighted by atomic mass is 32.2. The van der Waals surface area contributed by atoms with Gasteiger partial charge in [-0.05, 0) is 25.0 Å². The summed E-state index contributed by atoms with van der Waals surface area (Å²) in [5.41, 5.74) is 2.61. The molecule has 0 amide bonds. The Morgan fingerprint density at radius 2 is 1.92 bits per heavy atom. The van der Waals surface area contributed by atoms with E-state index in [2.05, 4.69) is 0 Å². The van der Waals surface area contributed by atoms with Crippen molar-refractivity contribution >= 4 is 10.1 Å². The summed E-state index contributed by atoms with van der Waals surface area (Å²) in [4.78, 5) is 0. The van der Waals surface area contributed by atoms with Crippen LogP contribution in [0.1, 0.15) is 16.7 Å².